The molecule has 0 aromatic heterocycles. The minimum Gasteiger partial charge on any atom is -0.480 e. The number of carbonyl (C=O) groups excluding carboxylic acids is 4. The van der Waals surface area contributed by atoms with Crippen LogP contribution in [0.2, 0.25) is 0 Å². The Kier molecular flexibility index (Phi) is 13.0. The SMILES string of the molecule is CC(C)CC(NC(=O)CNC(=O)C(N)CC(N)=O)C(=O)NC(CCCCN)C(=O)O. The van der Waals surface area contributed by atoms with E-state index >= 15 is 0 Å². The van der Waals surface area contributed by atoms with Gasteiger partial charge in [0, 0.05) is 0 Å². The van der Waals surface area contributed by atoms with Crippen molar-refractivity contribution in [3.63, 3.8) is 0 Å². The van der Waals surface area contributed by atoms with Crippen molar-refractivity contribution in [2.45, 2.75) is 64.1 Å². The smallest absolute Gasteiger partial charge is 0.326 e. The first kappa shape index (κ1) is 27.3. The Hall–Kier alpha value is -2.73. The quantitative estimate of drug-likeness (QED) is 0.138. The summed E-state index contributed by atoms with van der Waals surface area (Å²) in [6.07, 6.45) is 1.28. The molecule has 3 unspecified atom stereocenters. The molecule has 3 atom stereocenters. The molecule has 0 saturated heterocycles. The molecule has 0 fully saturated rings. The summed E-state index contributed by atoms with van der Waals surface area (Å²) in [5, 5.41) is 16.5. The summed E-state index contributed by atoms with van der Waals surface area (Å²) < 4.78 is 0. The van der Waals surface area contributed by atoms with Crippen LogP contribution in [0, 0.1) is 5.92 Å². The number of nitrogens with two attached hydrogens (primary N) is 3. The van der Waals surface area contributed by atoms with E-state index < -0.39 is 54.3 Å². The van der Waals surface area contributed by atoms with Crippen LogP contribution in [0.5, 0.6) is 0 Å². The van der Waals surface area contributed by atoms with Gasteiger partial charge < -0.3 is 38.3 Å². The van der Waals surface area contributed by atoms with E-state index in [9.17, 15) is 29.1 Å². The van der Waals surface area contributed by atoms with Gasteiger partial charge in [-0.25, -0.2) is 4.79 Å². The Balaban J connectivity index is 4.86. The number of carboxylic acids is 1. The molecule has 30 heavy (non-hydrogen) atoms. The molecular formula is C18H34N6O6. The molecular weight excluding hydrogens is 396 g/mol. The molecule has 0 aliphatic heterocycles. The van der Waals surface area contributed by atoms with Crippen molar-refractivity contribution in [1.29, 1.82) is 0 Å². The fourth-order valence-electron chi connectivity index (χ4n) is 2.58. The van der Waals surface area contributed by atoms with Crippen LogP contribution in [0.3, 0.4) is 0 Å². The zero-order chi connectivity index (χ0) is 23.3. The third-order valence-corrected chi connectivity index (χ3v) is 4.10. The fourth-order valence-corrected chi connectivity index (χ4v) is 2.58. The predicted octanol–water partition coefficient (Wildman–Crippen LogP) is -2.47. The number of carboxylic acid groups (broad SMARTS) is 1. The number of hydrogen-bond acceptors (Lipinski definition) is 7. The maximum absolute atomic E-state index is 12.6. The summed E-state index contributed by atoms with van der Waals surface area (Å²) in [6, 6.07) is -3.26. The number of primary amides is 1. The lowest BCUT2D eigenvalue weighted by molar-refractivity contribution is -0.142. The lowest BCUT2D eigenvalue weighted by atomic mass is 10.0. The van der Waals surface area contributed by atoms with Gasteiger partial charge in [0.05, 0.1) is 19.0 Å². The summed E-state index contributed by atoms with van der Waals surface area (Å²) >= 11 is 0. The van der Waals surface area contributed by atoms with E-state index in [1.807, 2.05) is 13.8 Å². The van der Waals surface area contributed by atoms with Crippen LogP contribution in [0.25, 0.3) is 0 Å². The van der Waals surface area contributed by atoms with Gasteiger partial charge in [-0.15, -0.1) is 0 Å². The fraction of sp³-hybridized carbons (Fsp3) is 0.722. The van der Waals surface area contributed by atoms with Gasteiger partial charge in [-0.3, -0.25) is 19.2 Å². The van der Waals surface area contributed by atoms with Crippen LogP contribution in [0.1, 0.15) is 46.0 Å². The number of nitrogens with one attached hydrogen (secondary N) is 3. The van der Waals surface area contributed by atoms with E-state index in [0.717, 1.165) is 0 Å². The first-order valence-electron chi connectivity index (χ1n) is 9.82. The number of rotatable bonds is 15. The molecule has 12 nitrogen and oxygen atoms in total. The standard InChI is InChI=1S/C18H34N6O6/c1-10(2)7-13(17(28)24-12(18(29)30)5-3-4-6-19)23-15(26)9-22-16(27)11(20)8-14(21)25/h10-13H,3-9,19-20H2,1-2H3,(H2,21,25)(H,22,27)(H,23,26)(H,24,28)(H,29,30). The highest BCUT2D eigenvalue weighted by atomic mass is 16.4. The van der Waals surface area contributed by atoms with Gasteiger partial charge in [-0.1, -0.05) is 13.8 Å². The van der Waals surface area contributed by atoms with Gasteiger partial charge in [0.1, 0.15) is 12.1 Å². The molecule has 12 heteroatoms. The van der Waals surface area contributed by atoms with Crippen LogP contribution in [0.15, 0.2) is 0 Å². The van der Waals surface area contributed by atoms with E-state index in [-0.39, 0.29) is 25.2 Å². The van der Waals surface area contributed by atoms with E-state index in [0.29, 0.717) is 19.4 Å². The molecule has 0 radical (unpaired) electrons. The Bertz CT molecular complexity index is 612. The second-order valence-corrected chi connectivity index (χ2v) is 7.43. The molecule has 0 aromatic rings. The molecule has 0 aromatic carbocycles. The maximum atomic E-state index is 12.6. The molecule has 10 N–H and O–H groups in total. The summed E-state index contributed by atoms with van der Waals surface area (Å²) in [5.74, 6) is -3.93. The van der Waals surface area contributed by atoms with Gasteiger partial charge in [-0.05, 0) is 38.1 Å². The zero-order valence-corrected chi connectivity index (χ0v) is 17.5. The minimum atomic E-state index is -1.19. The average molecular weight is 431 g/mol. The summed E-state index contributed by atoms with van der Waals surface area (Å²) in [6.45, 7) is 3.63. The normalized spacial score (nSPS) is 13.8. The second kappa shape index (κ2) is 14.3. The number of carbonyl (C=O) groups is 5. The lowest BCUT2D eigenvalue weighted by Crippen LogP contribution is -2.54. The van der Waals surface area contributed by atoms with E-state index in [2.05, 4.69) is 16.0 Å². The molecule has 4 amide bonds. The number of unbranched alkanes of at least 4 members (excludes halogenated alkanes) is 1. The molecule has 0 saturated carbocycles. The summed E-state index contributed by atoms with van der Waals surface area (Å²) in [4.78, 5) is 58.6. The first-order valence-corrected chi connectivity index (χ1v) is 9.82. The molecule has 172 valence electrons. The van der Waals surface area contributed by atoms with Crippen LogP contribution in [-0.2, 0) is 24.0 Å². The molecule has 0 aliphatic carbocycles. The van der Waals surface area contributed by atoms with Crippen molar-refractivity contribution in [2.24, 2.45) is 23.1 Å². The highest BCUT2D eigenvalue weighted by Crippen LogP contribution is 2.07. The van der Waals surface area contributed by atoms with Crippen LogP contribution in [-0.4, -0.2) is 65.9 Å². The number of amides is 4. The third kappa shape index (κ3) is 12.0. The van der Waals surface area contributed by atoms with Crippen molar-refractivity contribution in [1.82, 2.24) is 16.0 Å². The maximum Gasteiger partial charge on any atom is 0.326 e. The van der Waals surface area contributed by atoms with E-state index in [1.54, 1.807) is 0 Å². The Morgan fingerprint density at radius 1 is 0.967 bits per heavy atom. The average Bonchev–Trinajstić information content (AvgIpc) is 2.63. The van der Waals surface area contributed by atoms with Gasteiger partial charge in [0.15, 0.2) is 0 Å². The lowest BCUT2D eigenvalue weighted by Gasteiger charge is -2.23. The summed E-state index contributed by atoms with van der Waals surface area (Å²) in [7, 11) is 0. The minimum absolute atomic E-state index is 0.0279. The van der Waals surface area contributed by atoms with Crippen molar-refractivity contribution in [3.05, 3.63) is 0 Å². The van der Waals surface area contributed by atoms with Crippen molar-refractivity contribution in [3.8, 4) is 0 Å². The van der Waals surface area contributed by atoms with E-state index in [4.69, 9.17) is 17.2 Å². The number of hydrogen-bond donors (Lipinski definition) is 7. The Labute approximate surface area is 175 Å². The number of aliphatic carboxylic acids is 1. The summed E-state index contributed by atoms with van der Waals surface area (Å²) in [5.41, 5.74) is 15.8. The van der Waals surface area contributed by atoms with Crippen molar-refractivity contribution in [2.75, 3.05) is 13.1 Å². The Morgan fingerprint density at radius 3 is 2.10 bits per heavy atom. The molecule has 0 aliphatic rings. The van der Waals surface area contributed by atoms with Gasteiger partial charge >= 0.3 is 5.97 Å². The second-order valence-electron chi connectivity index (χ2n) is 7.43. The molecule has 0 spiro atoms. The van der Waals surface area contributed by atoms with Crippen molar-refractivity contribution >= 4 is 29.6 Å². The van der Waals surface area contributed by atoms with Crippen LogP contribution < -0.4 is 33.2 Å². The zero-order valence-electron chi connectivity index (χ0n) is 17.5. The predicted molar refractivity (Wildman–Crippen MR) is 109 cm³/mol. The van der Waals surface area contributed by atoms with Crippen molar-refractivity contribution < 1.29 is 29.1 Å². The molecule has 0 heterocycles. The highest BCUT2D eigenvalue weighted by molar-refractivity contribution is 5.93. The van der Waals surface area contributed by atoms with Crippen LogP contribution >= 0.6 is 0 Å². The van der Waals surface area contributed by atoms with Gasteiger partial charge in [0.25, 0.3) is 0 Å². The van der Waals surface area contributed by atoms with Crippen LogP contribution in [0.4, 0.5) is 0 Å². The highest BCUT2D eigenvalue weighted by Gasteiger charge is 2.27. The van der Waals surface area contributed by atoms with E-state index in [1.165, 1.54) is 0 Å². The largest absolute Gasteiger partial charge is 0.480 e. The molecule has 0 rings (SSSR count). The molecule has 0 bridgehead atoms. The monoisotopic (exact) mass is 430 g/mol. The Morgan fingerprint density at radius 2 is 1.60 bits per heavy atom. The first-order chi connectivity index (χ1) is 14.0. The third-order valence-electron chi connectivity index (χ3n) is 4.10. The van der Waals surface area contributed by atoms with Gasteiger partial charge in [0.2, 0.25) is 23.6 Å². The topological polar surface area (TPSA) is 220 Å². The van der Waals surface area contributed by atoms with Gasteiger partial charge in [-0.2, -0.15) is 0 Å².